The van der Waals surface area contributed by atoms with E-state index in [1.165, 1.54) is 11.1 Å². The molecule has 0 unspecified atom stereocenters. The van der Waals surface area contributed by atoms with Crippen LogP contribution in [0.1, 0.15) is 29.4 Å². The average molecular weight is 269 g/mol. The van der Waals surface area contributed by atoms with Crippen LogP contribution in [0.15, 0.2) is 24.3 Å². The smallest absolute Gasteiger partial charge is 0.159 e. The number of likely N-dealkylation sites (N-methyl/N-ethyl adjacent to an activating group) is 1. The first-order chi connectivity index (χ1) is 9.65. The predicted octanol–water partition coefficient (Wildman–Crippen LogP) is 3.08. The molecule has 0 aliphatic rings. The van der Waals surface area contributed by atoms with Crippen molar-refractivity contribution >= 4 is 0 Å². The van der Waals surface area contributed by atoms with Crippen LogP contribution >= 0.6 is 0 Å². The number of aromatic nitrogens is 2. The summed E-state index contributed by atoms with van der Waals surface area (Å²) in [4.78, 5) is 9.35. The molecule has 3 heteroatoms. The minimum Gasteiger partial charge on any atom is -0.319 e. The maximum atomic E-state index is 4.67. The predicted molar refractivity (Wildman–Crippen MR) is 84.0 cm³/mol. The van der Waals surface area contributed by atoms with Crippen molar-refractivity contribution in [1.29, 1.82) is 0 Å². The second-order valence-electron chi connectivity index (χ2n) is 5.10. The van der Waals surface area contributed by atoms with Crippen molar-refractivity contribution < 1.29 is 0 Å². The molecule has 20 heavy (non-hydrogen) atoms. The lowest BCUT2D eigenvalue weighted by molar-refractivity contribution is 0.774. The zero-order chi connectivity index (χ0) is 14.5. The van der Waals surface area contributed by atoms with Crippen LogP contribution in [0, 0.1) is 13.8 Å². The van der Waals surface area contributed by atoms with Crippen LogP contribution < -0.4 is 5.32 Å². The molecule has 0 saturated heterocycles. The first-order valence-electron chi connectivity index (χ1n) is 7.23. The van der Waals surface area contributed by atoms with Gasteiger partial charge >= 0.3 is 0 Å². The lowest BCUT2D eigenvalue weighted by Crippen LogP contribution is -2.13. The summed E-state index contributed by atoms with van der Waals surface area (Å²) < 4.78 is 0. The Bertz CT molecular complexity index is 550. The lowest BCUT2D eigenvalue weighted by Gasteiger charge is -2.11. The molecular formula is C17H23N3. The summed E-state index contributed by atoms with van der Waals surface area (Å²) >= 11 is 0. The Morgan fingerprint density at radius 1 is 1.00 bits per heavy atom. The maximum absolute atomic E-state index is 4.67. The van der Waals surface area contributed by atoms with E-state index < -0.39 is 0 Å². The average Bonchev–Trinajstić information content (AvgIpc) is 2.46. The van der Waals surface area contributed by atoms with E-state index in [9.17, 15) is 0 Å². The monoisotopic (exact) mass is 269 g/mol. The summed E-state index contributed by atoms with van der Waals surface area (Å²) in [6.45, 7) is 7.26. The van der Waals surface area contributed by atoms with Crippen LogP contribution in [-0.4, -0.2) is 23.6 Å². The standard InChI is InChI=1S/C17H23N3/c1-5-14-6-8-15(9-7-14)17-19-12(2)16(10-11-18-4)13(3)20-17/h6-9,18H,5,10-11H2,1-4H3. The first kappa shape index (κ1) is 14.7. The Hall–Kier alpha value is -1.74. The van der Waals surface area contributed by atoms with Gasteiger partial charge in [0.05, 0.1) is 0 Å². The molecule has 0 fully saturated rings. The van der Waals surface area contributed by atoms with Crippen LogP contribution in [0.3, 0.4) is 0 Å². The Balaban J connectivity index is 2.33. The van der Waals surface area contributed by atoms with E-state index in [0.29, 0.717) is 0 Å². The molecule has 0 aliphatic carbocycles. The number of rotatable bonds is 5. The minimum absolute atomic E-state index is 0.830. The van der Waals surface area contributed by atoms with Gasteiger partial charge in [-0.2, -0.15) is 0 Å². The highest BCUT2D eigenvalue weighted by Gasteiger charge is 2.09. The third-order valence-electron chi connectivity index (χ3n) is 3.67. The van der Waals surface area contributed by atoms with Crippen LogP contribution in [0.25, 0.3) is 11.4 Å². The van der Waals surface area contributed by atoms with E-state index in [1.807, 2.05) is 7.05 Å². The molecule has 1 aromatic carbocycles. The SMILES string of the molecule is CCc1ccc(-c2nc(C)c(CCNC)c(C)n2)cc1. The highest BCUT2D eigenvalue weighted by molar-refractivity contribution is 5.56. The summed E-state index contributed by atoms with van der Waals surface area (Å²) in [5, 5.41) is 3.17. The number of hydrogen-bond acceptors (Lipinski definition) is 3. The summed E-state index contributed by atoms with van der Waals surface area (Å²) in [6, 6.07) is 8.52. The molecule has 0 spiro atoms. The number of nitrogens with zero attached hydrogens (tertiary/aromatic N) is 2. The van der Waals surface area contributed by atoms with Crippen molar-refractivity contribution in [1.82, 2.24) is 15.3 Å². The van der Waals surface area contributed by atoms with Gasteiger partial charge in [-0.15, -0.1) is 0 Å². The molecule has 0 bridgehead atoms. The van der Waals surface area contributed by atoms with Crippen LogP contribution in [0.4, 0.5) is 0 Å². The Morgan fingerprint density at radius 3 is 2.10 bits per heavy atom. The summed E-state index contributed by atoms with van der Waals surface area (Å²) in [7, 11) is 1.97. The summed E-state index contributed by atoms with van der Waals surface area (Å²) in [6.07, 6.45) is 2.03. The Morgan fingerprint density at radius 2 is 1.60 bits per heavy atom. The molecule has 0 amide bonds. The van der Waals surface area contributed by atoms with Crippen molar-refractivity contribution in [3.63, 3.8) is 0 Å². The highest BCUT2D eigenvalue weighted by Crippen LogP contribution is 2.19. The number of benzene rings is 1. The van der Waals surface area contributed by atoms with Gasteiger partial charge in [0, 0.05) is 17.0 Å². The summed E-state index contributed by atoms with van der Waals surface area (Å²) in [5.41, 5.74) is 5.86. The third-order valence-corrected chi connectivity index (χ3v) is 3.67. The molecule has 3 nitrogen and oxygen atoms in total. The largest absolute Gasteiger partial charge is 0.319 e. The topological polar surface area (TPSA) is 37.8 Å². The number of nitrogens with one attached hydrogen (secondary N) is 1. The van der Waals surface area contributed by atoms with Crippen LogP contribution in [0.5, 0.6) is 0 Å². The molecule has 0 aliphatic heterocycles. The van der Waals surface area contributed by atoms with E-state index >= 15 is 0 Å². The second kappa shape index (κ2) is 6.62. The third kappa shape index (κ3) is 3.23. The van der Waals surface area contributed by atoms with Gasteiger partial charge in [-0.05, 0) is 51.4 Å². The van der Waals surface area contributed by atoms with E-state index in [4.69, 9.17) is 0 Å². The van der Waals surface area contributed by atoms with Gasteiger partial charge in [0.1, 0.15) is 0 Å². The quantitative estimate of drug-likeness (QED) is 0.906. The minimum atomic E-state index is 0.830. The van der Waals surface area contributed by atoms with Crippen molar-refractivity contribution in [2.24, 2.45) is 0 Å². The lowest BCUT2D eigenvalue weighted by atomic mass is 10.1. The van der Waals surface area contributed by atoms with E-state index in [2.05, 4.69) is 60.3 Å². The zero-order valence-electron chi connectivity index (χ0n) is 12.8. The van der Waals surface area contributed by atoms with E-state index in [-0.39, 0.29) is 0 Å². The number of hydrogen-bond donors (Lipinski definition) is 1. The van der Waals surface area contributed by atoms with Gasteiger partial charge < -0.3 is 5.32 Å². The Labute approximate surface area is 121 Å². The Kier molecular flexibility index (Phi) is 4.85. The van der Waals surface area contributed by atoms with E-state index in [1.54, 1.807) is 0 Å². The molecule has 1 N–H and O–H groups in total. The molecule has 0 saturated carbocycles. The highest BCUT2D eigenvalue weighted by atomic mass is 14.9. The molecule has 0 atom stereocenters. The fourth-order valence-electron chi connectivity index (χ4n) is 2.37. The second-order valence-corrected chi connectivity index (χ2v) is 5.10. The normalized spacial score (nSPS) is 10.8. The molecule has 2 rings (SSSR count). The van der Waals surface area contributed by atoms with Crippen molar-refractivity contribution in [3.8, 4) is 11.4 Å². The zero-order valence-corrected chi connectivity index (χ0v) is 12.8. The maximum Gasteiger partial charge on any atom is 0.159 e. The first-order valence-corrected chi connectivity index (χ1v) is 7.23. The van der Waals surface area contributed by atoms with Crippen molar-refractivity contribution in [2.45, 2.75) is 33.6 Å². The van der Waals surface area contributed by atoms with Crippen LogP contribution in [0.2, 0.25) is 0 Å². The van der Waals surface area contributed by atoms with Gasteiger partial charge in [-0.3, -0.25) is 0 Å². The molecule has 1 heterocycles. The van der Waals surface area contributed by atoms with Crippen LogP contribution in [-0.2, 0) is 12.8 Å². The van der Waals surface area contributed by atoms with Gasteiger partial charge in [-0.25, -0.2) is 9.97 Å². The van der Waals surface area contributed by atoms with E-state index in [0.717, 1.165) is 42.2 Å². The summed E-state index contributed by atoms with van der Waals surface area (Å²) in [5.74, 6) is 0.830. The molecule has 2 aromatic rings. The molecule has 0 radical (unpaired) electrons. The van der Waals surface area contributed by atoms with Crippen molar-refractivity contribution in [2.75, 3.05) is 13.6 Å². The van der Waals surface area contributed by atoms with Gasteiger partial charge in [0.2, 0.25) is 0 Å². The fourth-order valence-corrected chi connectivity index (χ4v) is 2.37. The van der Waals surface area contributed by atoms with Gasteiger partial charge in [0.15, 0.2) is 5.82 Å². The number of aryl methyl sites for hydroxylation is 3. The van der Waals surface area contributed by atoms with Gasteiger partial charge in [0.25, 0.3) is 0 Å². The molecule has 106 valence electrons. The molecular weight excluding hydrogens is 246 g/mol. The van der Waals surface area contributed by atoms with Crippen molar-refractivity contribution in [3.05, 3.63) is 46.8 Å². The van der Waals surface area contributed by atoms with Gasteiger partial charge in [-0.1, -0.05) is 31.2 Å². The fraction of sp³-hybridized carbons (Fsp3) is 0.412. The molecule has 1 aromatic heterocycles.